The van der Waals surface area contributed by atoms with Crippen LogP contribution in [-0.4, -0.2) is 10.7 Å². The highest BCUT2D eigenvalue weighted by Crippen LogP contribution is 2.13. The first-order valence-corrected chi connectivity index (χ1v) is 6.83. The van der Waals surface area contributed by atoms with Crippen LogP contribution < -0.4 is 0 Å². The number of nitro benzene ring substituents is 1. The highest BCUT2D eigenvalue weighted by Gasteiger charge is 2.02. The molecule has 0 aliphatic rings. The fourth-order valence-electron chi connectivity index (χ4n) is 1.73. The summed E-state index contributed by atoms with van der Waals surface area (Å²) in [5, 5.41) is 11.1. The number of carbonyl (C=O) groups excluding carboxylic acids is 1. The second-order valence-electron chi connectivity index (χ2n) is 4.44. The van der Waals surface area contributed by atoms with Crippen molar-refractivity contribution in [2.45, 2.75) is 0 Å². The first kappa shape index (κ1) is 15.7. The van der Waals surface area contributed by atoms with Gasteiger partial charge in [0.05, 0.1) is 4.92 Å². The normalized spacial score (nSPS) is 11.1. The molecule has 110 valence electrons. The summed E-state index contributed by atoms with van der Waals surface area (Å²) in [5.41, 5.74) is 1.42. The molecule has 0 atom stereocenters. The molecule has 0 amide bonds. The van der Waals surface area contributed by atoms with Gasteiger partial charge in [-0.05, 0) is 48.0 Å². The summed E-state index contributed by atoms with van der Waals surface area (Å²) < 4.78 is 0. The van der Waals surface area contributed by atoms with Crippen LogP contribution in [0.15, 0.2) is 66.8 Å². The molecular weight excluding hydrogens is 302 g/mol. The monoisotopic (exact) mass is 313 g/mol. The van der Waals surface area contributed by atoms with Crippen LogP contribution in [0.2, 0.25) is 5.02 Å². The third-order valence-corrected chi connectivity index (χ3v) is 3.13. The molecule has 2 rings (SSSR count). The van der Waals surface area contributed by atoms with E-state index < -0.39 is 4.92 Å². The summed E-state index contributed by atoms with van der Waals surface area (Å²) in [6.07, 6.45) is 6.54. The molecule has 0 saturated carbocycles. The van der Waals surface area contributed by atoms with Gasteiger partial charge < -0.3 is 0 Å². The number of ketones is 1. The molecule has 0 radical (unpaired) electrons. The third kappa shape index (κ3) is 4.40. The molecular formula is C17H12ClNO3. The van der Waals surface area contributed by atoms with E-state index >= 15 is 0 Å². The van der Waals surface area contributed by atoms with Gasteiger partial charge >= 0.3 is 0 Å². The maximum absolute atomic E-state index is 11.8. The van der Waals surface area contributed by atoms with Gasteiger partial charge in [-0.15, -0.1) is 0 Å². The zero-order valence-electron chi connectivity index (χ0n) is 11.5. The van der Waals surface area contributed by atoms with Crippen molar-refractivity contribution >= 4 is 29.1 Å². The molecule has 2 aromatic rings. The number of non-ortho nitro benzene ring substituents is 1. The Morgan fingerprint density at radius 3 is 2.23 bits per heavy atom. The van der Waals surface area contributed by atoms with Gasteiger partial charge in [0.2, 0.25) is 0 Å². The third-order valence-electron chi connectivity index (χ3n) is 2.88. The first-order valence-electron chi connectivity index (χ1n) is 6.45. The van der Waals surface area contributed by atoms with Crippen LogP contribution in [0, 0.1) is 10.1 Å². The van der Waals surface area contributed by atoms with E-state index in [1.165, 1.54) is 18.2 Å². The van der Waals surface area contributed by atoms with Crippen molar-refractivity contribution in [3.05, 3.63) is 93.0 Å². The molecule has 0 aliphatic carbocycles. The van der Waals surface area contributed by atoms with Crippen molar-refractivity contribution in [2.24, 2.45) is 0 Å². The number of hydrogen-bond acceptors (Lipinski definition) is 3. The highest BCUT2D eigenvalue weighted by atomic mass is 35.5. The van der Waals surface area contributed by atoms with Crippen molar-refractivity contribution in [3.63, 3.8) is 0 Å². The average Bonchev–Trinajstić information content (AvgIpc) is 2.52. The number of nitro groups is 1. The van der Waals surface area contributed by atoms with Crippen LogP contribution in [-0.2, 0) is 0 Å². The molecule has 0 aromatic heterocycles. The number of carbonyl (C=O) groups is 1. The van der Waals surface area contributed by atoms with E-state index in [1.807, 2.05) is 0 Å². The Kier molecular flexibility index (Phi) is 5.22. The Hall–Kier alpha value is -2.72. The van der Waals surface area contributed by atoms with Crippen LogP contribution in [0.3, 0.4) is 0 Å². The van der Waals surface area contributed by atoms with Gasteiger partial charge in [-0.3, -0.25) is 14.9 Å². The van der Waals surface area contributed by atoms with Crippen molar-refractivity contribution in [1.82, 2.24) is 0 Å². The minimum Gasteiger partial charge on any atom is -0.289 e. The lowest BCUT2D eigenvalue weighted by molar-refractivity contribution is -0.384. The minimum absolute atomic E-state index is 0.0469. The summed E-state index contributed by atoms with van der Waals surface area (Å²) in [6.45, 7) is 0. The van der Waals surface area contributed by atoms with Crippen LogP contribution in [0.5, 0.6) is 0 Å². The Morgan fingerprint density at radius 2 is 1.64 bits per heavy atom. The fraction of sp³-hybridized carbons (Fsp3) is 0. The van der Waals surface area contributed by atoms with Crippen molar-refractivity contribution in [3.8, 4) is 0 Å². The van der Waals surface area contributed by atoms with Gasteiger partial charge in [0.25, 0.3) is 5.69 Å². The predicted octanol–water partition coefficient (Wildman–Crippen LogP) is 4.70. The number of nitrogens with zero attached hydrogens (tertiary/aromatic N) is 1. The lowest BCUT2D eigenvalue weighted by atomic mass is 10.1. The van der Waals surface area contributed by atoms with Crippen LogP contribution in [0.1, 0.15) is 15.9 Å². The summed E-state index contributed by atoms with van der Waals surface area (Å²) in [5.74, 6) is -0.120. The van der Waals surface area contributed by atoms with Crippen molar-refractivity contribution < 1.29 is 9.72 Å². The van der Waals surface area contributed by atoms with Crippen molar-refractivity contribution in [2.75, 3.05) is 0 Å². The number of benzene rings is 2. The highest BCUT2D eigenvalue weighted by molar-refractivity contribution is 6.30. The van der Waals surface area contributed by atoms with Crippen LogP contribution in [0.25, 0.3) is 6.08 Å². The van der Waals surface area contributed by atoms with Crippen LogP contribution >= 0.6 is 11.6 Å². The smallest absolute Gasteiger partial charge is 0.269 e. The molecule has 0 heterocycles. The van der Waals surface area contributed by atoms with Crippen molar-refractivity contribution in [1.29, 1.82) is 0 Å². The van der Waals surface area contributed by atoms with Gasteiger partial charge in [0.15, 0.2) is 5.78 Å². The molecule has 0 fully saturated rings. The Balaban J connectivity index is 1.97. The zero-order chi connectivity index (χ0) is 15.9. The first-order chi connectivity index (χ1) is 10.6. The standard InChI is InChI=1S/C17H12ClNO3/c18-15-9-7-14(8-10-15)17(20)4-2-1-3-13-5-11-16(12-6-13)19(21)22/h1-12H/b3-1+,4-2+. The molecule has 0 aliphatic heterocycles. The van der Waals surface area contributed by atoms with E-state index in [9.17, 15) is 14.9 Å². The number of halogens is 1. The largest absolute Gasteiger partial charge is 0.289 e. The van der Waals surface area contributed by atoms with Crippen LogP contribution in [0.4, 0.5) is 5.69 Å². The lowest BCUT2D eigenvalue weighted by Gasteiger charge is -1.95. The van der Waals surface area contributed by atoms with Gasteiger partial charge in [0, 0.05) is 22.7 Å². The van der Waals surface area contributed by atoms with Gasteiger partial charge in [-0.1, -0.05) is 29.8 Å². The molecule has 4 nitrogen and oxygen atoms in total. The van der Waals surface area contributed by atoms with Gasteiger partial charge in [-0.2, -0.15) is 0 Å². The predicted molar refractivity (Wildman–Crippen MR) is 87.1 cm³/mol. The second-order valence-corrected chi connectivity index (χ2v) is 4.87. The molecule has 0 N–H and O–H groups in total. The quantitative estimate of drug-likeness (QED) is 0.264. The molecule has 2 aromatic carbocycles. The summed E-state index contributed by atoms with van der Waals surface area (Å²) in [6, 6.07) is 12.8. The molecule has 0 unspecified atom stereocenters. The van der Waals surface area contributed by atoms with E-state index in [-0.39, 0.29) is 11.5 Å². The fourth-order valence-corrected chi connectivity index (χ4v) is 1.85. The Bertz CT molecular complexity index is 732. The van der Waals surface area contributed by atoms with E-state index in [2.05, 4.69) is 0 Å². The lowest BCUT2D eigenvalue weighted by Crippen LogP contribution is -1.92. The number of rotatable bonds is 5. The molecule has 0 spiro atoms. The Labute approximate surface area is 132 Å². The average molecular weight is 314 g/mol. The topological polar surface area (TPSA) is 60.2 Å². The molecule has 5 heteroatoms. The maximum Gasteiger partial charge on any atom is 0.269 e. The summed E-state index contributed by atoms with van der Waals surface area (Å²) >= 11 is 5.76. The summed E-state index contributed by atoms with van der Waals surface area (Å²) in [4.78, 5) is 21.9. The van der Waals surface area contributed by atoms with E-state index in [1.54, 1.807) is 54.6 Å². The second kappa shape index (κ2) is 7.33. The van der Waals surface area contributed by atoms with E-state index in [0.717, 1.165) is 5.56 Å². The van der Waals surface area contributed by atoms with E-state index in [0.29, 0.717) is 10.6 Å². The molecule has 0 bridgehead atoms. The zero-order valence-corrected chi connectivity index (χ0v) is 12.2. The minimum atomic E-state index is -0.446. The van der Waals surface area contributed by atoms with E-state index in [4.69, 9.17) is 11.6 Å². The van der Waals surface area contributed by atoms with Gasteiger partial charge in [0.1, 0.15) is 0 Å². The molecule has 0 saturated heterocycles. The maximum atomic E-state index is 11.8. The van der Waals surface area contributed by atoms with Gasteiger partial charge in [-0.25, -0.2) is 0 Å². The number of hydrogen-bond donors (Lipinski definition) is 0. The Morgan fingerprint density at radius 1 is 1.00 bits per heavy atom. The molecule has 22 heavy (non-hydrogen) atoms. The summed E-state index contributed by atoms with van der Waals surface area (Å²) in [7, 11) is 0. The number of allylic oxidation sites excluding steroid dienone is 3. The SMILES string of the molecule is O=C(/C=C/C=C/c1ccc([N+](=O)[O-])cc1)c1ccc(Cl)cc1.